The molecule has 1 fully saturated rings. The van der Waals surface area contributed by atoms with Gasteiger partial charge in [0, 0.05) is 5.02 Å². The molecule has 1 aromatic carbocycles. The van der Waals surface area contributed by atoms with Crippen LogP contribution in [0.15, 0.2) is 24.3 Å². The van der Waals surface area contributed by atoms with Crippen molar-refractivity contribution in [2.45, 2.75) is 0 Å². The second-order valence-electron chi connectivity index (χ2n) is 3.89. The molecule has 0 N–H and O–H groups in total. The first kappa shape index (κ1) is 13.4. The maximum atomic E-state index is 11.8. The zero-order valence-electron chi connectivity index (χ0n) is 9.84. The van der Waals surface area contributed by atoms with E-state index in [0.29, 0.717) is 10.8 Å². The lowest BCUT2D eigenvalue weighted by Gasteiger charge is -2.24. The number of imide groups is 1. The number of halogens is 1. The molecule has 0 aliphatic carbocycles. The van der Waals surface area contributed by atoms with Crippen LogP contribution in [0.2, 0.25) is 5.02 Å². The topological polar surface area (TPSA) is 77.8 Å². The normalized spacial score (nSPS) is 15.1. The van der Waals surface area contributed by atoms with E-state index >= 15 is 0 Å². The fraction of sp³-hybridized carbons (Fsp3) is 0.250. The Morgan fingerprint density at radius 1 is 1.21 bits per heavy atom. The molecule has 6 nitrogen and oxygen atoms in total. The van der Waals surface area contributed by atoms with E-state index in [1.54, 1.807) is 24.3 Å². The fourth-order valence-electron chi connectivity index (χ4n) is 1.54. The number of rotatable bonds is 3. The number of benzene rings is 1. The lowest BCUT2D eigenvalue weighted by Crippen LogP contribution is -2.51. The molecule has 1 aliphatic rings. The summed E-state index contributed by atoms with van der Waals surface area (Å²) in [5, 5.41) is 3.78. The van der Waals surface area contributed by atoms with Crippen molar-refractivity contribution in [1.82, 2.24) is 10.2 Å². The SMILES string of the molecule is O=C1CN(C(=O)COc2ccc(Cl)cc2)CC(=O)[N]1. The highest BCUT2D eigenvalue weighted by Gasteiger charge is 2.27. The van der Waals surface area contributed by atoms with Crippen LogP contribution in [0.1, 0.15) is 0 Å². The van der Waals surface area contributed by atoms with Gasteiger partial charge in [0.2, 0.25) is 0 Å². The molecule has 2 rings (SSSR count). The van der Waals surface area contributed by atoms with E-state index in [9.17, 15) is 14.4 Å². The third kappa shape index (κ3) is 3.69. The smallest absolute Gasteiger partial charge is 0.268 e. The molecule has 1 radical (unpaired) electrons. The molecular formula is C12H10ClN2O4. The van der Waals surface area contributed by atoms with Gasteiger partial charge in [-0.3, -0.25) is 14.4 Å². The van der Waals surface area contributed by atoms with Gasteiger partial charge >= 0.3 is 0 Å². The Morgan fingerprint density at radius 2 is 1.79 bits per heavy atom. The highest BCUT2D eigenvalue weighted by molar-refractivity contribution is 6.30. The second kappa shape index (κ2) is 5.71. The summed E-state index contributed by atoms with van der Waals surface area (Å²) in [5.41, 5.74) is 0. The molecule has 0 atom stereocenters. The van der Waals surface area contributed by atoms with Gasteiger partial charge in [-0.25, -0.2) is 0 Å². The molecule has 0 aromatic heterocycles. The van der Waals surface area contributed by atoms with Gasteiger partial charge < -0.3 is 9.64 Å². The van der Waals surface area contributed by atoms with Gasteiger partial charge in [-0.1, -0.05) is 11.6 Å². The number of ether oxygens (including phenoxy) is 1. The number of piperazine rings is 1. The van der Waals surface area contributed by atoms with Gasteiger partial charge in [0.1, 0.15) is 18.8 Å². The van der Waals surface area contributed by atoms with Crippen molar-refractivity contribution >= 4 is 29.3 Å². The van der Waals surface area contributed by atoms with Crippen LogP contribution < -0.4 is 10.1 Å². The van der Waals surface area contributed by atoms with Crippen LogP contribution in [0.3, 0.4) is 0 Å². The summed E-state index contributed by atoms with van der Waals surface area (Å²) < 4.78 is 5.24. The number of hydrogen-bond donors (Lipinski definition) is 0. The van der Waals surface area contributed by atoms with Crippen LogP contribution in [0.25, 0.3) is 0 Å². The van der Waals surface area contributed by atoms with E-state index in [0.717, 1.165) is 4.90 Å². The summed E-state index contributed by atoms with van der Waals surface area (Å²) in [7, 11) is 0. The molecule has 0 saturated carbocycles. The number of amides is 3. The zero-order chi connectivity index (χ0) is 13.8. The van der Waals surface area contributed by atoms with Crippen molar-refractivity contribution in [3.8, 4) is 5.75 Å². The van der Waals surface area contributed by atoms with E-state index in [1.807, 2.05) is 0 Å². The van der Waals surface area contributed by atoms with Crippen molar-refractivity contribution in [2.24, 2.45) is 0 Å². The average Bonchev–Trinajstić information content (AvgIpc) is 2.36. The van der Waals surface area contributed by atoms with E-state index in [4.69, 9.17) is 16.3 Å². The Kier molecular flexibility index (Phi) is 4.01. The average molecular weight is 282 g/mol. The predicted molar refractivity (Wildman–Crippen MR) is 65.7 cm³/mol. The first-order valence-electron chi connectivity index (χ1n) is 5.48. The minimum Gasteiger partial charge on any atom is -0.484 e. The Bertz CT molecular complexity index is 499. The summed E-state index contributed by atoms with van der Waals surface area (Å²) in [4.78, 5) is 35.0. The number of carbonyl (C=O) groups is 3. The summed E-state index contributed by atoms with van der Waals surface area (Å²) in [5.74, 6) is -1.18. The van der Waals surface area contributed by atoms with Gasteiger partial charge in [-0.05, 0) is 24.3 Å². The number of carbonyl (C=O) groups excluding carboxylic acids is 3. The minimum atomic E-state index is -0.615. The molecular weight excluding hydrogens is 272 g/mol. The van der Waals surface area contributed by atoms with Crippen molar-refractivity contribution in [3.05, 3.63) is 29.3 Å². The molecule has 7 heteroatoms. The van der Waals surface area contributed by atoms with Crippen LogP contribution in [0.4, 0.5) is 0 Å². The number of nitrogens with zero attached hydrogens (tertiary/aromatic N) is 2. The van der Waals surface area contributed by atoms with Crippen molar-refractivity contribution in [3.63, 3.8) is 0 Å². The molecule has 1 aliphatic heterocycles. The van der Waals surface area contributed by atoms with Gasteiger partial charge in [0.15, 0.2) is 6.61 Å². The third-order valence-electron chi connectivity index (χ3n) is 2.43. The molecule has 19 heavy (non-hydrogen) atoms. The van der Waals surface area contributed by atoms with Crippen LogP contribution >= 0.6 is 11.6 Å². The lowest BCUT2D eigenvalue weighted by atomic mass is 10.3. The first-order valence-corrected chi connectivity index (χ1v) is 5.86. The van der Waals surface area contributed by atoms with Gasteiger partial charge in [-0.2, -0.15) is 5.32 Å². The fourth-order valence-corrected chi connectivity index (χ4v) is 1.66. The summed E-state index contributed by atoms with van der Waals surface area (Å²) in [6.45, 7) is -0.620. The van der Waals surface area contributed by atoms with Gasteiger partial charge in [0.25, 0.3) is 17.7 Å². The minimum absolute atomic E-state index is 0.186. The van der Waals surface area contributed by atoms with E-state index in [2.05, 4.69) is 5.32 Å². The van der Waals surface area contributed by atoms with Crippen LogP contribution in [-0.4, -0.2) is 42.3 Å². The molecule has 0 spiro atoms. The predicted octanol–water partition coefficient (Wildman–Crippen LogP) is 0.219. The Hall–Kier alpha value is -2.08. The molecule has 3 amide bonds. The Balaban J connectivity index is 1.88. The second-order valence-corrected chi connectivity index (χ2v) is 4.33. The molecule has 99 valence electrons. The molecule has 1 saturated heterocycles. The largest absolute Gasteiger partial charge is 0.484 e. The van der Waals surface area contributed by atoms with Crippen molar-refractivity contribution < 1.29 is 19.1 Å². The third-order valence-corrected chi connectivity index (χ3v) is 2.68. The lowest BCUT2D eigenvalue weighted by molar-refractivity contribution is -0.146. The highest BCUT2D eigenvalue weighted by atomic mass is 35.5. The Morgan fingerprint density at radius 3 is 2.37 bits per heavy atom. The maximum Gasteiger partial charge on any atom is 0.268 e. The first-order chi connectivity index (χ1) is 9.04. The molecule has 1 heterocycles. The van der Waals surface area contributed by atoms with Crippen LogP contribution in [-0.2, 0) is 14.4 Å². The van der Waals surface area contributed by atoms with Crippen molar-refractivity contribution in [1.29, 1.82) is 0 Å². The van der Waals surface area contributed by atoms with Crippen molar-refractivity contribution in [2.75, 3.05) is 19.7 Å². The van der Waals surface area contributed by atoms with Gasteiger partial charge in [0.05, 0.1) is 0 Å². The monoisotopic (exact) mass is 281 g/mol. The zero-order valence-corrected chi connectivity index (χ0v) is 10.6. The molecule has 0 unspecified atom stereocenters. The quantitative estimate of drug-likeness (QED) is 0.743. The van der Waals surface area contributed by atoms with E-state index in [-0.39, 0.29) is 19.7 Å². The van der Waals surface area contributed by atoms with Crippen LogP contribution in [0, 0.1) is 0 Å². The summed E-state index contributed by atoms with van der Waals surface area (Å²) in [6, 6.07) is 6.51. The summed E-state index contributed by atoms with van der Waals surface area (Å²) >= 11 is 5.71. The van der Waals surface area contributed by atoms with Gasteiger partial charge in [-0.15, -0.1) is 0 Å². The maximum absolute atomic E-state index is 11.8. The Labute approximate surface area is 114 Å². The highest BCUT2D eigenvalue weighted by Crippen LogP contribution is 2.15. The standard InChI is InChI=1S/C12H10ClN2O4/c13-8-1-3-9(4-2-8)19-7-12(18)15-5-10(16)14-11(17)6-15/h1-4H,5-7H2. The van der Waals surface area contributed by atoms with E-state index in [1.165, 1.54) is 0 Å². The van der Waals surface area contributed by atoms with E-state index < -0.39 is 17.7 Å². The molecule has 1 aromatic rings. The molecule has 0 bridgehead atoms. The summed E-state index contributed by atoms with van der Waals surface area (Å²) in [6.07, 6.45) is 0. The van der Waals surface area contributed by atoms with Crippen LogP contribution in [0.5, 0.6) is 5.75 Å². The number of hydrogen-bond acceptors (Lipinski definition) is 4.